The van der Waals surface area contributed by atoms with E-state index in [2.05, 4.69) is 42.5 Å². The van der Waals surface area contributed by atoms with Crippen LogP contribution in [-0.4, -0.2) is 16.8 Å². The third-order valence-electron chi connectivity index (χ3n) is 3.22. The fourth-order valence-electron chi connectivity index (χ4n) is 1.99. The van der Waals surface area contributed by atoms with Gasteiger partial charge in [-0.2, -0.15) is 5.10 Å². The van der Waals surface area contributed by atoms with Gasteiger partial charge < -0.3 is 10.1 Å². The lowest BCUT2D eigenvalue weighted by Crippen LogP contribution is -2.13. The molecule has 0 radical (unpaired) electrons. The van der Waals surface area contributed by atoms with E-state index in [0.29, 0.717) is 6.61 Å². The van der Waals surface area contributed by atoms with E-state index in [0.717, 1.165) is 11.3 Å². The summed E-state index contributed by atoms with van der Waals surface area (Å²) in [5.41, 5.74) is 3.46. The molecule has 0 saturated heterocycles. The zero-order valence-electron chi connectivity index (χ0n) is 12.0. The molecule has 0 amide bonds. The number of benzene rings is 1. The smallest absolute Gasteiger partial charge is 0.124 e. The molecule has 0 fully saturated rings. The summed E-state index contributed by atoms with van der Waals surface area (Å²) in [5.74, 6) is 0.936. The van der Waals surface area contributed by atoms with Gasteiger partial charge in [-0.15, -0.1) is 0 Å². The van der Waals surface area contributed by atoms with Crippen LogP contribution in [0.1, 0.15) is 29.7 Å². The maximum absolute atomic E-state index is 5.95. The summed E-state index contributed by atoms with van der Waals surface area (Å²) in [6, 6.07) is 6.58. The Morgan fingerprint density at radius 3 is 2.84 bits per heavy atom. The molecule has 1 aromatic heterocycles. The number of ether oxygens (including phenoxy) is 1. The maximum Gasteiger partial charge on any atom is 0.124 e. The number of aromatic nitrogens is 2. The van der Waals surface area contributed by atoms with Crippen molar-refractivity contribution >= 4 is 0 Å². The van der Waals surface area contributed by atoms with Gasteiger partial charge in [0.1, 0.15) is 12.4 Å². The summed E-state index contributed by atoms with van der Waals surface area (Å²) in [4.78, 5) is 0. The van der Waals surface area contributed by atoms with Gasteiger partial charge in [0.25, 0.3) is 0 Å². The molecule has 1 N–H and O–H groups in total. The van der Waals surface area contributed by atoms with Gasteiger partial charge in [-0.05, 0) is 32.5 Å². The van der Waals surface area contributed by atoms with E-state index in [4.69, 9.17) is 4.74 Å². The molecule has 4 heteroatoms. The SMILES string of the molecule is CNC(C)c1ccc(C)cc1OCc1cnn(C)c1. The van der Waals surface area contributed by atoms with Crippen molar-refractivity contribution in [3.05, 3.63) is 47.3 Å². The van der Waals surface area contributed by atoms with Gasteiger partial charge in [0.2, 0.25) is 0 Å². The Kier molecular flexibility index (Phi) is 4.22. The summed E-state index contributed by atoms with van der Waals surface area (Å²) in [6.45, 7) is 4.74. The van der Waals surface area contributed by atoms with Crippen molar-refractivity contribution in [2.24, 2.45) is 7.05 Å². The number of aryl methyl sites for hydroxylation is 2. The minimum absolute atomic E-state index is 0.268. The zero-order valence-corrected chi connectivity index (χ0v) is 12.0. The van der Waals surface area contributed by atoms with Crippen molar-refractivity contribution in [3.8, 4) is 5.75 Å². The normalized spacial score (nSPS) is 12.4. The predicted molar refractivity (Wildman–Crippen MR) is 76.2 cm³/mol. The van der Waals surface area contributed by atoms with E-state index in [-0.39, 0.29) is 6.04 Å². The molecular formula is C15H21N3O. The Bertz CT molecular complexity index is 548. The van der Waals surface area contributed by atoms with E-state index in [1.165, 1.54) is 11.1 Å². The fraction of sp³-hybridized carbons (Fsp3) is 0.400. The summed E-state index contributed by atoms with van der Waals surface area (Å²) in [6.07, 6.45) is 3.80. The van der Waals surface area contributed by atoms with Gasteiger partial charge in [0.15, 0.2) is 0 Å². The van der Waals surface area contributed by atoms with Crippen molar-refractivity contribution in [1.82, 2.24) is 15.1 Å². The molecule has 0 aliphatic heterocycles. The summed E-state index contributed by atoms with van der Waals surface area (Å²) in [7, 11) is 3.86. The zero-order chi connectivity index (χ0) is 13.8. The average molecular weight is 259 g/mol. The number of rotatable bonds is 5. The van der Waals surface area contributed by atoms with E-state index in [9.17, 15) is 0 Å². The van der Waals surface area contributed by atoms with Gasteiger partial charge in [-0.3, -0.25) is 4.68 Å². The van der Waals surface area contributed by atoms with E-state index >= 15 is 0 Å². The molecule has 2 aromatic rings. The highest BCUT2D eigenvalue weighted by Gasteiger charge is 2.10. The molecule has 102 valence electrons. The molecule has 0 aliphatic carbocycles. The lowest BCUT2D eigenvalue weighted by atomic mass is 10.1. The first kappa shape index (κ1) is 13.6. The van der Waals surface area contributed by atoms with Crippen molar-refractivity contribution in [1.29, 1.82) is 0 Å². The average Bonchev–Trinajstić information content (AvgIpc) is 2.81. The highest BCUT2D eigenvalue weighted by Crippen LogP contribution is 2.26. The van der Waals surface area contributed by atoms with Crippen molar-refractivity contribution in [2.45, 2.75) is 26.5 Å². The standard InChI is InChI=1S/C15H21N3O/c1-11-5-6-14(12(2)16-3)15(7-11)19-10-13-8-17-18(4)9-13/h5-9,12,16H,10H2,1-4H3. The van der Waals surface area contributed by atoms with Gasteiger partial charge >= 0.3 is 0 Å². The Morgan fingerprint density at radius 1 is 1.42 bits per heavy atom. The molecule has 0 saturated carbocycles. The second kappa shape index (κ2) is 5.89. The van der Waals surface area contributed by atoms with Crippen LogP contribution in [-0.2, 0) is 13.7 Å². The molecule has 4 nitrogen and oxygen atoms in total. The second-order valence-corrected chi connectivity index (χ2v) is 4.86. The molecule has 1 atom stereocenters. The third-order valence-corrected chi connectivity index (χ3v) is 3.22. The van der Waals surface area contributed by atoms with Crippen LogP contribution in [0.4, 0.5) is 0 Å². The number of hydrogen-bond acceptors (Lipinski definition) is 3. The van der Waals surface area contributed by atoms with Crippen LogP contribution in [0.25, 0.3) is 0 Å². The van der Waals surface area contributed by atoms with Crippen LogP contribution >= 0.6 is 0 Å². The van der Waals surface area contributed by atoms with Crippen LogP contribution in [0, 0.1) is 6.92 Å². The topological polar surface area (TPSA) is 39.1 Å². The van der Waals surface area contributed by atoms with E-state index in [1.807, 2.05) is 26.5 Å². The maximum atomic E-state index is 5.95. The van der Waals surface area contributed by atoms with Crippen LogP contribution in [0.15, 0.2) is 30.6 Å². The summed E-state index contributed by atoms with van der Waals surface area (Å²) >= 11 is 0. The third kappa shape index (κ3) is 3.35. The van der Waals surface area contributed by atoms with Gasteiger partial charge in [-0.25, -0.2) is 0 Å². The predicted octanol–water partition coefficient (Wildman–Crippen LogP) is 2.59. The van der Waals surface area contributed by atoms with Crippen LogP contribution < -0.4 is 10.1 Å². The highest BCUT2D eigenvalue weighted by molar-refractivity contribution is 5.39. The first-order valence-corrected chi connectivity index (χ1v) is 6.48. The lowest BCUT2D eigenvalue weighted by molar-refractivity contribution is 0.300. The van der Waals surface area contributed by atoms with Crippen molar-refractivity contribution < 1.29 is 4.74 Å². The fourth-order valence-corrected chi connectivity index (χ4v) is 1.99. The van der Waals surface area contributed by atoms with Crippen LogP contribution in [0.5, 0.6) is 5.75 Å². The molecule has 1 aromatic carbocycles. The summed E-state index contributed by atoms with van der Waals surface area (Å²) < 4.78 is 7.73. The molecular weight excluding hydrogens is 238 g/mol. The van der Waals surface area contributed by atoms with E-state index < -0.39 is 0 Å². The molecule has 1 unspecified atom stereocenters. The van der Waals surface area contributed by atoms with E-state index in [1.54, 1.807) is 4.68 Å². The highest BCUT2D eigenvalue weighted by atomic mass is 16.5. The largest absolute Gasteiger partial charge is 0.488 e. The lowest BCUT2D eigenvalue weighted by Gasteiger charge is -2.17. The first-order valence-electron chi connectivity index (χ1n) is 6.48. The molecule has 0 spiro atoms. The van der Waals surface area contributed by atoms with Gasteiger partial charge in [0.05, 0.1) is 6.20 Å². The molecule has 1 heterocycles. The molecule has 0 aliphatic rings. The Morgan fingerprint density at radius 2 is 2.21 bits per heavy atom. The second-order valence-electron chi connectivity index (χ2n) is 4.86. The monoisotopic (exact) mass is 259 g/mol. The minimum atomic E-state index is 0.268. The van der Waals surface area contributed by atoms with Crippen LogP contribution in [0.3, 0.4) is 0 Å². The van der Waals surface area contributed by atoms with Crippen molar-refractivity contribution in [3.63, 3.8) is 0 Å². The Labute approximate surface area is 114 Å². The Hall–Kier alpha value is -1.81. The Balaban J connectivity index is 2.16. The number of nitrogens with one attached hydrogen (secondary N) is 1. The quantitative estimate of drug-likeness (QED) is 0.897. The first-order chi connectivity index (χ1) is 9.10. The van der Waals surface area contributed by atoms with Crippen molar-refractivity contribution in [2.75, 3.05) is 7.05 Å². The molecule has 0 bridgehead atoms. The minimum Gasteiger partial charge on any atom is -0.488 e. The molecule has 19 heavy (non-hydrogen) atoms. The van der Waals surface area contributed by atoms with Gasteiger partial charge in [-0.1, -0.05) is 12.1 Å². The summed E-state index contributed by atoms with van der Waals surface area (Å²) in [5, 5.41) is 7.39. The van der Waals surface area contributed by atoms with Crippen LogP contribution in [0.2, 0.25) is 0 Å². The number of hydrogen-bond donors (Lipinski definition) is 1. The molecule has 2 rings (SSSR count). The van der Waals surface area contributed by atoms with Gasteiger partial charge in [0, 0.05) is 30.4 Å². The number of nitrogens with zero attached hydrogens (tertiary/aromatic N) is 2.